The Morgan fingerprint density at radius 1 is 1.17 bits per heavy atom. The highest BCUT2D eigenvalue weighted by molar-refractivity contribution is 7.80. The molecular formula is C21H39N5O2S. The number of nitrogens with two attached hydrogens (primary N) is 3. The third kappa shape index (κ3) is 8.38. The van der Waals surface area contributed by atoms with E-state index in [1.807, 2.05) is 25.7 Å². The molecule has 1 rings (SSSR count). The average molecular weight is 426 g/mol. The molecule has 0 saturated carbocycles. The van der Waals surface area contributed by atoms with Crippen LogP contribution in [0.25, 0.3) is 0 Å². The topological polar surface area (TPSA) is 128 Å². The molecular weight excluding hydrogens is 386 g/mol. The number of Topliss-reactive ketones (excluding diaryl/α,β-unsaturated/α-hetero) is 1. The Kier molecular flexibility index (Phi) is 10.7. The number of guanidine groups is 1. The van der Waals surface area contributed by atoms with E-state index in [0.717, 1.165) is 37.0 Å². The highest BCUT2D eigenvalue weighted by atomic mass is 32.1. The maximum atomic E-state index is 13.0. The van der Waals surface area contributed by atoms with Crippen molar-refractivity contribution >= 4 is 34.7 Å². The van der Waals surface area contributed by atoms with Crippen molar-refractivity contribution in [3.8, 4) is 0 Å². The van der Waals surface area contributed by atoms with E-state index >= 15 is 0 Å². The van der Waals surface area contributed by atoms with Crippen LogP contribution in [-0.4, -0.2) is 52.6 Å². The van der Waals surface area contributed by atoms with Crippen molar-refractivity contribution < 1.29 is 9.59 Å². The second-order valence-corrected chi connectivity index (χ2v) is 9.28. The minimum atomic E-state index is -0.513. The van der Waals surface area contributed by atoms with Gasteiger partial charge in [-0.3, -0.25) is 14.6 Å². The monoisotopic (exact) mass is 425 g/mol. The van der Waals surface area contributed by atoms with Crippen LogP contribution in [0.15, 0.2) is 4.99 Å². The Morgan fingerprint density at radius 3 is 2.41 bits per heavy atom. The maximum Gasteiger partial charge on any atom is 0.226 e. The Labute approximate surface area is 180 Å². The lowest BCUT2D eigenvalue weighted by atomic mass is 9.92. The average Bonchev–Trinajstić information content (AvgIpc) is 3.13. The summed E-state index contributed by atoms with van der Waals surface area (Å²) >= 11 is 5.71. The number of hydrogen-bond donors (Lipinski definition) is 3. The van der Waals surface area contributed by atoms with Gasteiger partial charge in [0.15, 0.2) is 11.7 Å². The van der Waals surface area contributed by atoms with Crippen LogP contribution in [0.1, 0.15) is 66.2 Å². The fraction of sp³-hybridized carbons (Fsp3) is 0.810. The molecule has 0 bridgehead atoms. The van der Waals surface area contributed by atoms with Crippen LogP contribution in [0, 0.1) is 17.8 Å². The molecule has 1 fully saturated rings. The number of carbonyl (C=O) groups excluding carboxylic acids is 2. The van der Waals surface area contributed by atoms with Crippen molar-refractivity contribution in [1.82, 2.24) is 4.90 Å². The van der Waals surface area contributed by atoms with E-state index < -0.39 is 6.04 Å². The molecule has 4 atom stereocenters. The Bertz CT molecular complexity index is 604. The molecule has 0 aromatic carbocycles. The standard InChI is InChI=1S/C21H39N5O2S/c1-13(2)19(22)17(27)12-15(4)20(28)26-10-6-8-16(26)18(29)11-14(3)7-5-9-25-21(23)24/h13-16,19H,5-12,22H2,1-4H3,(H4,23,24,25). The summed E-state index contributed by atoms with van der Waals surface area (Å²) in [6, 6.07) is -0.519. The maximum absolute atomic E-state index is 13.0. The summed E-state index contributed by atoms with van der Waals surface area (Å²) in [6.45, 7) is 9.15. The minimum Gasteiger partial charge on any atom is -0.370 e. The number of hydrogen-bond acceptors (Lipinski definition) is 5. The first kappa shape index (κ1) is 25.5. The third-order valence-electron chi connectivity index (χ3n) is 5.63. The third-order valence-corrected chi connectivity index (χ3v) is 6.06. The SMILES string of the molecule is CC(CCCN=C(N)N)CC(=S)C1CCCN1C(=O)C(C)CC(=O)C(N)C(C)C. The second kappa shape index (κ2) is 12.2. The van der Waals surface area contributed by atoms with Crippen LogP contribution in [0.4, 0.5) is 0 Å². The fourth-order valence-electron chi connectivity index (χ4n) is 3.77. The normalized spacial score (nSPS) is 19.7. The first-order valence-corrected chi connectivity index (χ1v) is 11.1. The lowest BCUT2D eigenvalue weighted by molar-refractivity contribution is -0.137. The van der Waals surface area contributed by atoms with Crippen LogP contribution in [0.5, 0.6) is 0 Å². The molecule has 0 aliphatic carbocycles. The summed E-state index contributed by atoms with van der Waals surface area (Å²) in [4.78, 5) is 32.1. The van der Waals surface area contributed by atoms with E-state index in [1.165, 1.54) is 0 Å². The van der Waals surface area contributed by atoms with Gasteiger partial charge in [-0.05, 0) is 43.9 Å². The van der Waals surface area contributed by atoms with Gasteiger partial charge in [-0.25, -0.2) is 0 Å². The zero-order valence-electron chi connectivity index (χ0n) is 18.4. The van der Waals surface area contributed by atoms with Gasteiger partial charge in [-0.1, -0.05) is 39.9 Å². The Hall–Kier alpha value is -1.54. The molecule has 166 valence electrons. The number of aliphatic imine (C=N–C) groups is 1. The van der Waals surface area contributed by atoms with Gasteiger partial charge in [0.1, 0.15) is 0 Å². The number of likely N-dealkylation sites (tertiary alicyclic amines) is 1. The van der Waals surface area contributed by atoms with Crippen LogP contribution in [-0.2, 0) is 9.59 Å². The van der Waals surface area contributed by atoms with Crippen molar-refractivity contribution in [1.29, 1.82) is 0 Å². The summed E-state index contributed by atoms with van der Waals surface area (Å²) < 4.78 is 0. The number of ketones is 1. The smallest absolute Gasteiger partial charge is 0.226 e. The van der Waals surface area contributed by atoms with Gasteiger partial charge < -0.3 is 22.1 Å². The number of rotatable bonds is 12. The summed E-state index contributed by atoms with van der Waals surface area (Å²) in [5.74, 6) is 0.207. The summed E-state index contributed by atoms with van der Waals surface area (Å²) in [6.07, 6.45) is 4.73. The molecule has 29 heavy (non-hydrogen) atoms. The van der Waals surface area contributed by atoms with Crippen molar-refractivity contribution in [3.63, 3.8) is 0 Å². The van der Waals surface area contributed by atoms with Crippen molar-refractivity contribution in [2.75, 3.05) is 13.1 Å². The fourth-order valence-corrected chi connectivity index (χ4v) is 4.30. The van der Waals surface area contributed by atoms with Gasteiger partial charge in [0.2, 0.25) is 5.91 Å². The first-order chi connectivity index (χ1) is 13.5. The predicted octanol–water partition coefficient (Wildman–Crippen LogP) is 2.01. The molecule has 0 aromatic rings. The number of carbonyl (C=O) groups is 2. The predicted molar refractivity (Wildman–Crippen MR) is 123 cm³/mol. The number of thiocarbonyl (C=S) groups is 1. The molecule has 8 heteroatoms. The van der Waals surface area contributed by atoms with Crippen LogP contribution >= 0.6 is 12.2 Å². The molecule has 0 spiro atoms. The van der Waals surface area contributed by atoms with Crippen molar-refractivity contribution in [3.05, 3.63) is 0 Å². The molecule has 7 nitrogen and oxygen atoms in total. The minimum absolute atomic E-state index is 0.00557. The van der Waals surface area contributed by atoms with Gasteiger partial charge in [-0.2, -0.15) is 0 Å². The molecule has 1 saturated heterocycles. The van der Waals surface area contributed by atoms with Gasteiger partial charge in [0.05, 0.1) is 12.1 Å². The van der Waals surface area contributed by atoms with E-state index in [0.29, 0.717) is 19.0 Å². The van der Waals surface area contributed by atoms with E-state index in [-0.39, 0.29) is 41.9 Å². The van der Waals surface area contributed by atoms with Crippen molar-refractivity contribution in [2.45, 2.75) is 78.3 Å². The lowest BCUT2D eigenvalue weighted by Gasteiger charge is -2.29. The zero-order valence-corrected chi connectivity index (χ0v) is 19.2. The summed E-state index contributed by atoms with van der Waals surface area (Å²) in [5, 5.41) is 0. The van der Waals surface area contributed by atoms with Gasteiger partial charge >= 0.3 is 0 Å². The van der Waals surface area contributed by atoms with Crippen LogP contribution < -0.4 is 17.2 Å². The lowest BCUT2D eigenvalue weighted by Crippen LogP contribution is -2.44. The van der Waals surface area contributed by atoms with E-state index in [2.05, 4.69) is 11.9 Å². The molecule has 6 N–H and O–H groups in total. The molecule has 1 amide bonds. The van der Waals surface area contributed by atoms with E-state index in [9.17, 15) is 9.59 Å². The van der Waals surface area contributed by atoms with Gasteiger partial charge in [0, 0.05) is 30.3 Å². The highest BCUT2D eigenvalue weighted by Crippen LogP contribution is 2.26. The first-order valence-electron chi connectivity index (χ1n) is 10.7. The quantitative estimate of drug-likeness (QED) is 0.190. The molecule has 0 radical (unpaired) electrons. The summed E-state index contributed by atoms with van der Waals surface area (Å²) in [7, 11) is 0. The van der Waals surface area contributed by atoms with Crippen LogP contribution in [0.2, 0.25) is 0 Å². The molecule has 0 aromatic heterocycles. The Balaban J connectivity index is 2.57. The molecule has 1 aliphatic heterocycles. The largest absolute Gasteiger partial charge is 0.370 e. The van der Waals surface area contributed by atoms with Gasteiger partial charge in [0.25, 0.3) is 0 Å². The molecule has 1 heterocycles. The van der Waals surface area contributed by atoms with E-state index in [1.54, 1.807) is 0 Å². The van der Waals surface area contributed by atoms with Crippen molar-refractivity contribution in [2.24, 2.45) is 39.9 Å². The Morgan fingerprint density at radius 2 is 1.83 bits per heavy atom. The van der Waals surface area contributed by atoms with Gasteiger partial charge in [-0.15, -0.1) is 0 Å². The van der Waals surface area contributed by atoms with E-state index in [4.69, 9.17) is 29.4 Å². The number of amides is 1. The second-order valence-electron chi connectivity index (χ2n) is 8.76. The summed E-state index contributed by atoms with van der Waals surface area (Å²) in [5.41, 5.74) is 16.6. The number of nitrogens with zero attached hydrogens (tertiary/aromatic N) is 2. The van der Waals surface area contributed by atoms with Crippen LogP contribution in [0.3, 0.4) is 0 Å². The molecule has 4 unspecified atom stereocenters. The molecule has 1 aliphatic rings. The highest BCUT2D eigenvalue weighted by Gasteiger charge is 2.35. The zero-order chi connectivity index (χ0) is 22.1.